The fourth-order valence-corrected chi connectivity index (χ4v) is 4.19. The molecule has 2 aromatic carbocycles. The number of carbonyl (C=O) groups is 1. The summed E-state index contributed by atoms with van der Waals surface area (Å²) < 4.78 is 16.2. The topological polar surface area (TPSA) is 51.2 Å². The number of carbonyl (C=O) groups excluding carboxylic acids is 1. The van der Waals surface area contributed by atoms with E-state index in [-0.39, 0.29) is 12.1 Å². The predicted octanol–water partition coefficient (Wildman–Crippen LogP) is 3.73. The number of ether oxygens (including phenoxy) is 3. The van der Waals surface area contributed by atoms with Gasteiger partial charge in [-0.25, -0.2) is 4.79 Å². The van der Waals surface area contributed by atoms with E-state index in [1.165, 1.54) is 5.56 Å². The zero-order valence-electron chi connectivity index (χ0n) is 17.1. The van der Waals surface area contributed by atoms with Crippen LogP contribution in [-0.4, -0.2) is 55.8 Å². The number of piperidine rings is 1. The fourth-order valence-electron chi connectivity index (χ4n) is 4.19. The van der Waals surface area contributed by atoms with Gasteiger partial charge in [-0.2, -0.15) is 0 Å². The Hall–Kier alpha value is -2.73. The van der Waals surface area contributed by atoms with Crippen molar-refractivity contribution in [2.24, 2.45) is 0 Å². The van der Waals surface area contributed by atoms with Crippen molar-refractivity contribution in [3.63, 3.8) is 0 Å². The molecule has 0 N–H and O–H groups in total. The molecule has 0 aromatic heterocycles. The first-order chi connectivity index (χ1) is 14.2. The molecule has 2 aromatic rings. The molecule has 6 heteroatoms. The van der Waals surface area contributed by atoms with Crippen molar-refractivity contribution >= 4 is 6.09 Å². The number of amides is 1. The number of hydrogen-bond acceptors (Lipinski definition) is 5. The van der Waals surface area contributed by atoms with Gasteiger partial charge in [0.25, 0.3) is 0 Å². The molecule has 1 fully saturated rings. The minimum Gasteiger partial charge on any atom is -0.493 e. The molecule has 0 saturated carbocycles. The molecule has 0 unspecified atom stereocenters. The summed E-state index contributed by atoms with van der Waals surface area (Å²) in [7, 11) is 3.31. The Morgan fingerprint density at radius 3 is 2.55 bits per heavy atom. The molecule has 1 amide bonds. The number of para-hydroxylation sites is 1. The van der Waals surface area contributed by atoms with E-state index in [2.05, 4.69) is 11.0 Å². The van der Waals surface area contributed by atoms with E-state index in [4.69, 9.17) is 14.2 Å². The maximum Gasteiger partial charge on any atom is 0.415 e. The number of hydrogen-bond donors (Lipinski definition) is 0. The third-order valence-corrected chi connectivity index (χ3v) is 5.91. The highest BCUT2D eigenvalue weighted by molar-refractivity contribution is 5.73. The van der Waals surface area contributed by atoms with Crippen LogP contribution in [0, 0.1) is 0 Å². The molecule has 2 aliphatic rings. The molecular formula is C23H28N2O4. The number of fused-ring (bicyclic) bond motifs is 1. The van der Waals surface area contributed by atoms with Crippen molar-refractivity contribution in [1.82, 2.24) is 9.80 Å². The molecule has 29 heavy (non-hydrogen) atoms. The van der Waals surface area contributed by atoms with Gasteiger partial charge in [0, 0.05) is 31.2 Å². The van der Waals surface area contributed by atoms with Crippen molar-refractivity contribution in [3.05, 3.63) is 53.6 Å². The van der Waals surface area contributed by atoms with Crippen molar-refractivity contribution < 1.29 is 19.0 Å². The lowest BCUT2D eigenvalue weighted by Gasteiger charge is -2.39. The minimum atomic E-state index is -0.215. The SMILES string of the molecule is COc1ccc(CCN2CCC(N3Cc4ccccc4OC3=O)CC2)cc1OC. The summed E-state index contributed by atoms with van der Waals surface area (Å²) >= 11 is 0. The molecule has 0 radical (unpaired) electrons. The number of benzene rings is 2. The normalized spacial score (nSPS) is 17.6. The van der Waals surface area contributed by atoms with Gasteiger partial charge < -0.3 is 24.0 Å². The van der Waals surface area contributed by atoms with E-state index in [1.54, 1.807) is 14.2 Å². The van der Waals surface area contributed by atoms with Crippen LogP contribution in [0.15, 0.2) is 42.5 Å². The smallest absolute Gasteiger partial charge is 0.415 e. The van der Waals surface area contributed by atoms with Crippen LogP contribution in [-0.2, 0) is 13.0 Å². The monoisotopic (exact) mass is 396 g/mol. The molecule has 6 nitrogen and oxygen atoms in total. The average molecular weight is 396 g/mol. The molecule has 2 heterocycles. The van der Waals surface area contributed by atoms with Crippen LogP contribution in [0.4, 0.5) is 4.79 Å². The van der Waals surface area contributed by atoms with Gasteiger partial charge in [0.1, 0.15) is 5.75 Å². The molecule has 0 bridgehead atoms. The second-order valence-electron chi connectivity index (χ2n) is 7.62. The van der Waals surface area contributed by atoms with Gasteiger partial charge in [0.15, 0.2) is 11.5 Å². The van der Waals surface area contributed by atoms with Gasteiger partial charge in [-0.05, 0) is 43.0 Å². The highest BCUT2D eigenvalue weighted by atomic mass is 16.6. The standard InChI is InChI=1S/C23H28N2O4/c1-27-21-8-7-17(15-22(21)28-2)9-12-24-13-10-19(11-14-24)25-16-18-5-3-4-6-20(18)29-23(25)26/h3-8,15,19H,9-14,16H2,1-2H3. The highest BCUT2D eigenvalue weighted by Gasteiger charge is 2.32. The number of nitrogens with zero attached hydrogens (tertiary/aromatic N) is 2. The van der Waals surface area contributed by atoms with E-state index in [1.807, 2.05) is 41.3 Å². The summed E-state index contributed by atoms with van der Waals surface area (Å²) in [6.07, 6.45) is 2.70. The van der Waals surface area contributed by atoms with Gasteiger partial charge in [-0.3, -0.25) is 0 Å². The molecule has 1 saturated heterocycles. The highest BCUT2D eigenvalue weighted by Crippen LogP contribution is 2.30. The van der Waals surface area contributed by atoms with Crippen molar-refractivity contribution in [3.8, 4) is 17.2 Å². The summed E-state index contributed by atoms with van der Waals surface area (Å²) in [5.41, 5.74) is 2.32. The zero-order chi connectivity index (χ0) is 20.2. The summed E-state index contributed by atoms with van der Waals surface area (Å²) in [5, 5.41) is 0. The number of likely N-dealkylation sites (tertiary alicyclic amines) is 1. The van der Waals surface area contributed by atoms with E-state index in [0.717, 1.165) is 56.0 Å². The zero-order valence-corrected chi connectivity index (χ0v) is 17.1. The first kappa shape index (κ1) is 19.6. The van der Waals surface area contributed by atoms with Crippen molar-refractivity contribution in [2.45, 2.75) is 31.8 Å². The third-order valence-electron chi connectivity index (χ3n) is 5.91. The molecule has 0 aliphatic carbocycles. The number of methoxy groups -OCH3 is 2. The largest absolute Gasteiger partial charge is 0.493 e. The fraction of sp³-hybridized carbons (Fsp3) is 0.435. The van der Waals surface area contributed by atoms with E-state index in [9.17, 15) is 4.79 Å². The first-order valence-electron chi connectivity index (χ1n) is 10.2. The quantitative estimate of drug-likeness (QED) is 0.745. The third kappa shape index (κ3) is 4.32. The van der Waals surface area contributed by atoms with E-state index in [0.29, 0.717) is 12.3 Å². The Bertz CT molecular complexity index is 862. The summed E-state index contributed by atoms with van der Waals surface area (Å²) in [4.78, 5) is 16.8. The van der Waals surface area contributed by atoms with Crippen LogP contribution < -0.4 is 14.2 Å². The average Bonchev–Trinajstić information content (AvgIpc) is 2.77. The summed E-state index contributed by atoms with van der Waals surface area (Å²) in [6, 6.07) is 14.1. The van der Waals surface area contributed by atoms with Gasteiger partial charge in [-0.15, -0.1) is 0 Å². The van der Waals surface area contributed by atoms with Gasteiger partial charge >= 0.3 is 6.09 Å². The molecular weight excluding hydrogens is 368 g/mol. The lowest BCUT2D eigenvalue weighted by Crippen LogP contribution is -2.49. The van der Waals surface area contributed by atoms with Gasteiger partial charge in [0.2, 0.25) is 0 Å². The Balaban J connectivity index is 1.29. The van der Waals surface area contributed by atoms with Crippen LogP contribution in [0.25, 0.3) is 0 Å². The molecule has 2 aliphatic heterocycles. The van der Waals surface area contributed by atoms with Crippen LogP contribution in [0.2, 0.25) is 0 Å². The van der Waals surface area contributed by atoms with Gasteiger partial charge in [-0.1, -0.05) is 24.3 Å². The van der Waals surface area contributed by atoms with Crippen LogP contribution in [0.3, 0.4) is 0 Å². The van der Waals surface area contributed by atoms with Gasteiger partial charge in [0.05, 0.1) is 20.8 Å². The van der Waals surface area contributed by atoms with Crippen LogP contribution >= 0.6 is 0 Å². The Kier molecular flexibility index (Phi) is 5.90. The lowest BCUT2D eigenvalue weighted by molar-refractivity contribution is 0.0826. The minimum absolute atomic E-state index is 0.215. The Morgan fingerprint density at radius 2 is 1.79 bits per heavy atom. The first-order valence-corrected chi connectivity index (χ1v) is 10.2. The number of rotatable bonds is 6. The summed E-state index contributed by atoms with van der Waals surface area (Å²) in [5.74, 6) is 2.22. The van der Waals surface area contributed by atoms with E-state index < -0.39 is 0 Å². The second kappa shape index (κ2) is 8.74. The maximum atomic E-state index is 12.4. The Labute approximate surface area is 172 Å². The molecule has 4 rings (SSSR count). The Morgan fingerprint density at radius 1 is 1.03 bits per heavy atom. The molecule has 0 atom stereocenters. The van der Waals surface area contributed by atoms with Crippen LogP contribution in [0.1, 0.15) is 24.0 Å². The van der Waals surface area contributed by atoms with Crippen LogP contribution in [0.5, 0.6) is 17.2 Å². The summed E-state index contributed by atoms with van der Waals surface area (Å²) in [6.45, 7) is 3.62. The van der Waals surface area contributed by atoms with E-state index >= 15 is 0 Å². The lowest BCUT2D eigenvalue weighted by atomic mass is 10.0. The second-order valence-corrected chi connectivity index (χ2v) is 7.62. The van der Waals surface area contributed by atoms with Crippen molar-refractivity contribution in [1.29, 1.82) is 0 Å². The predicted molar refractivity (Wildman–Crippen MR) is 111 cm³/mol. The molecule has 0 spiro atoms. The van der Waals surface area contributed by atoms with Crippen molar-refractivity contribution in [2.75, 3.05) is 33.9 Å². The maximum absolute atomic E-state index is 12.4. The molecule has 154 valence electrons.